The Balaban J connectivity index is 1.04. The topological polar surface area (TPSA) is 56.7 Å². The van der Waals surface area contributed by atoms with Gasteiger partial charge >= 0.3 is 0 Å². The first-order valence-corrected chi connectivity index (χ1v) is 21.0. The summed E-state index contributed by atoms with van der Waals surface area (Å²) < 4.78 is 8.76. The maximum atomic E-state index is 6.30. The third-order valence-electron chi connectivity index (χ3n) is 13.3. The van der Waals surface area contributed by atoms with Crippen LogP contribution in [-0.4, -0.2) is 19.5 Å². The Morgan fingerprint density at radius 3 is 1.77 bits per heavy atom. The molecule has 0 radical (unpaired) electrons. The first-order chi connectivity index (χ1) is 29.2. The molecule has 0 bridgehead atoms. The van der Waals surface area contributed by atoms with Crippen LogP contribution in [0, 0.1) is 0 Å². The lowest BCUT2D eigenvalue weighted by Gasteiger charge is -2.42. The number of benzene rings is 8. The molecule has 8 aromatic carbocycles. The highest BCUT2D eigenvalue weighted by molar-refractivity contribution is 6.21. The molecule has 60 heavy (non-hydrogen) atoms. The van der Waals surface area contributed by atoms with Gasteiger partial charge in [-0.2, -0.15) is 0 Å². The van der Waals surface area contributed by atoms with Gasteiger partial charge in [0.2, 0.25) is 0 Å². The van der Waals surface area contributed by atoms with Crippen LogP contribution in [0.15, 0.2) is 162 Å². The van der Waals surface area contributed by atoms with Crippen LogP contribution in [0.5, 0.6) is 0 Å². The molecule has 0 aliphatic heterocycles. The predicted octanol–water partition coefficient (Wildman–Crippen LogP) is 14.5. The molecule has 5 heteroatoms. The van der Waals surface area contributed by atoms with E-state index < -0.39 is 0 Å². The van der Waals surface area contributed by atoms with E-state index in [9.17, 15) is 0 Å². The molecule has 0 saturated heterocycles. The Kier molecular flexibility index (Phi) is 7.38. The van der Waals surface area contributed by atoms with Crippen LogP contribution in [0.25, 0.3) is 105 Å². The second-order valence-corrected chi connectivity index (χ2v) is 17.9. The molecular formula is C55H42N4O. The third kappa shape index (κ3) is 5.35. The van der Waals surface area contributed by atoms with Gasteiger partial charge in [0.15, 0.2) is 17.5 Å². The van der Waals surface area contributed by atoms with Gasteiger partial charge in [-0.15, -0.1) is 0 Å². The zero-order valence-electron chi connectivity index (χ0n) is 34.1. The van der Waals surface area contributed by atoms with Crippen molar-refractivity contribution in [3.63, 3.8) is 0 Å². The van der Waals surface area contributed by atoms with Crippen molar-refractivity contribution in [1.29, 1.82) is 0 Å². The first kappa shape index (κ1) is 34.9. The maximum Gasteiger partial charge on any atom is 0.164 e. The Bertz CT molecular complexity index is 3550. The highest BCUT2D eigenvalue weighted by atomic mass is 16.3. The number of rotatable bonds is 4. The second kappa shape index (κ2) is 12.7. The van der Waals surface area contributed by atoms with E-state index in [0.717, 1.165) is 56.1 Å². The van der Waals surface area contributed by atoms with E-state index in [4.69, 9.17) is 19.4 Å². The Morgan fingerprint density at radius 1 is 0.433 bits per heavy atom. The lowest BCUT2D eigenvalue weighted by Crippen LogP contribution is -2.33. The molecule has 288 valence electrons. The molecule has 0 N–H and O–H groups in total. The number of aromatic nitrogens is 4. The van der Waals surface area contributed by atoms with E-state index in [0.29, 0.717) is 17.5 Å². The maximum absolute atomic E-state index is 6.30. The van der Waals surface area contributed by atoms with E-state index in [1.165, 1.54) is 55.5 Å². The molecule has 12 rings (SSSR count). The van der Waals surface area contributed by atoms with Gasteiger partial charge in [0.05, 0.1) is 11.0 Å². The average Bonchev–Trinajstić information content (AvgIpc) is 3.82. The Hall–Kier alpha value is -7.11. The smallest absolute Gasteiger partial charge is 0.164 e. The van der Waals surface area contributed by atoms with Crippen LogP contribution < -0.4 is 0 Å². The summed E-state index contributed by atoms with van der Waals surface area (Å²) in [6.07, 6.45) is 2.34. The molecule has 1 aliphatic carbocycles. The summed E-state index contributed by atoms with van der Waals surface area (Å²) in [5.41, 5.74) is 11.0. The summed E-state index contributed by atoms with van der Waals surface area (Å²) in [6, 6.07) is 56.3. The normalized spacial score (nSPS) is 14.8. The third-order valence-corrected chi connectivity index (χ3v) is 13.3. The molecule has 0 spiro atoms. The summed E-state index contributed by atoms with van der Waals surface area (Å²) >= 11 is 0. The van der Waals surface area contributed by atoms with Gasteiger partial charge in [-0.3, -0.25) is 0 Å². The van der Waals surface area contributed by atoms with Crippen molar-refractivity contribution in [2.24, 2.45) is 0 Å². The number of hydrogen-bond acceptors (Lipinski definition) is 4. The summed E-state index contributed by atoms with van der Waals surface area (Å²) in [5.74, 6) is 1.84. The number of furan rings is 1. The van der Waals surface area contributed by atoms with E-state index in [1.54, 1.807) is 0 Å². The molecule has 0 amide bonds. The molecule has 3 aromatic heterocycles. The monoisotopic (exact) mass is 774 g/mol. The highest BCUT2D eigenvalue weighted by Crippen LogP contribution is 2.49. The lowest BCUT2D eigenvalue weighted by atomic mass is 9.63. The van der Waals surface area contributed by atoms with Crippen molar-refractivity contribution >= 4 is 65.3 Å². The molecule has 0 saturated carbocycles. The second-order valence-electron chi connectivity index (χ2n) is 17.9. The van der Waals surface area contributed by atoms with Crippen LogP contribution in [0.3, 0.4) is 0 Å². The Labute approximate surface area is 348 Å². The minimum atomic E-state index is 0.0837. The van der Waals surface area contributed by atoms with E-state index in [-0.39, 0.29) is 10.8 Å². The summed E-state index contributed by atoms with van der Waals surface area (Å²) in [7, 11) is 0. The fraction of sp³-hybridized carbons (Fsp3) is 0.145. The van der Waals surface area contributed by atoms with Crippen molar-refractivity contribution in [3.8, 4) is 39.9 Å². The molecule has 1 aliphatic rings. The van der Waals surface area contributed by atoms with Gasteiger partial charge < -0.3 is 8.98 Å². The van der Waals surface area contributed by atoms with Gasteiger partial charge in [-0.25, -0.2) is 15.0 Å². The Morgan fingerprint density at radius 2 is 1.00 bits per heavy atom. The lowest BCUT2D eigenvalue weighted by molar-refractivity contribution is 0.332. The zero-order chi connectivity index (χ0) is 40.3. The zero-order valence-corrected chi connectivity index (χ0v) is 34.1. The van der Waals surface area contributed by atoms with Crippen molar-refractivity contribution < 1.29 is 4.42 Å². The quantitative estimate of drug-likeness (QED) is 0.179. The van der Waals surface area contributed by atoms with Crippen molar-refractivity contribution in [1.82, 2.24) is 19.5 Å². The standard InChI is InChI=1S/C55H42N4O/c1-54(2)27-28-55(3,4)45-32-47-43(31-44(45)54)50-40-14-8-7-12-34(40)22-26-46(50)59(47)39-23-19-35(20-24-39)51-56-52(37-18-17-33-11-5-6-13-36(33)29-37)58-53(57-51)38-21-25-42-41-15-9-10-16-48(41)60-49(42)30-38/h5-26,29-32H,27-28H2,1-4H3. The molecule has 0 unspecified atom stereocenters. The largest absolute Gasteiger partial charge is 0.456 e. The van der Waals surface area contributed by atoms with E-state index >= 15 is 0 Å². The van der Waals surface area contributed by atoms with Crippen LogP contribution >= 0.6 is 0 Å². The van der Waals surface area contributed by atoms with E-state index in [2.05, 4.69) is 172 Å². The van der Waals surface area contributed by atoms with Crippen LogP contribution in [0.4, 0.5) is 0 Å². The molecular weight excluding hydrogens is 733 g/mol. The molecule has 11 aromatic rings. The fourth-order valence-corrected chi connectivity index (χ4v) is 9.84. The predicted molar refractivity (Wildman–Crippen MR) is 248 cm³/mol. The number of fused-ring (bicyclic) bond motifs is 10. The van der Waals surface area contributed by atoms with Gasteiger partial charge in [-0.05, 0) is 123 Å². The number of para-hydroxylation sites is 1. The van der Waals surface area contributed by atoms with Gasteiger partial charge in [0.25, 0.3) is 0 Å². The minimum absolute atomic E-state index is 0.0837. The van der Waals surface area contributed by atoms with Crippen LogP contribution in [0.2, 0.25) is 0 Å². The van der Waals surface area contributed by atoms with Crippen molar-refractivity contribution in [2.75, 3.05) is 0 Å². The van der Waals surface area contributed by atoms with Gasteiger partial charge in [0.1, 0.15) is 11.2 Å². The van der Waals surface area contributed by atoms with Crippen molar-refractivity contribution in [3.05, 3.63) is 169 Å². The highest BCUT2D eigenvalue weighted by Gasteiger charge is 2.38. The molecule has 0 atom stereocenters. The molecule has 0 fully saturated rings. The first-order valence-electron chi connectivity index (χ1n) is 21.0. The SMILES string of the molecule is CC1(C)CCC(C)(C)c2cc3c(cc21)c1c2ccccc2ccc1n3-c1ccc(-c2nc(-c3ccc4ccccc4c3)nc(-c3ccc4c(c3)oc3ccccc34)n2)cc1. The fourth-order valence-electron chi connectivity index (χ4n) is 9.84. The van der Waals surface area contributed by atoms with E-state index in [1.807, 2.05) is 18.2 Å². The van der Waals surface area contributed by atoms with Crippen molar-refractivity contribution in [2.45, 2.75) is 51.4 Å². The number of nitrogens with zero attached hydrogens (tertiary/aromatic N) is 4. The minimum Gasteiger partial charge on any atom is -0.456 e. The summed E-state index contributed by atoms with van der Waals surface area (Å²) in [6.45, 7) is 9.65. The summed E-state index contributed by atoms with van der Waals surface area (Å²) in [4.78, 5) is 15.4. The van der Waals surface area contributed by atoms with Crippen LogP contribution in [0.1, 0.15) is 51.7 Å². The van der Waals surface area contributed by atoms with Gasteiger partial charge in [-0.1, -0.05) is 119 Å². The van der Waals surface area contributed by atoms with Crippen LogP contribution in [-0.2, 0) is 10.8 Å². The van der Waals surface area contributed by atoms with Gasteiger partial charge in [0, 0.05) is 43.9 Å². The molecule has 3 heterocycles. The average molecular weight is 775 g/mol. The molecule has 5 nitrogen and oxygen atoms in total. The summed E-state index contributed by atoms with van der Waals surface area (Å²) in [5, 5.41) is 9.62. The number of hydrogen-bond donors (Lipinski definition) is 0.